The number of aromatic nitrogens is 2. The predicted molar refractivity (Wildman–Crippen MR) is 126 cm³/mol. The Morgan fingerprint density at radius 3 is 2.47 bits per heavy atom. The van der Waals surface area contributed by atoms with Crippen LogP contribution in [0.3, 0.4) is 0 Å². The molecule has 0 bridgehead atoms. The molecule has 0 atom stereocenters. The number of likely N-dealkylation sites (tertiary alicyclic amines) is 2. The number of nitrogens with zero attached hydrogens (tertiary/aromatic N) is 4. The first-order valence-corrected chi connectivity index (χ1v) is 12.1. The molecule has 7 heteroatoms. The van der Waals surface area contributed by atoms with E-state index in [2.05, 4.69) is 20.9 Å². The Morgan fingerprint density at radius 2 is 1.78 bits per heavy atom. The molecule has 3 heterocycles. The van der Waals surface area contributed by atoms with E-state index >= 15 is 0 Å². The molecule has 172 valence electrons. The van der Waals surface area contributed by atoms with Crippen molar-refractivity contribution in [1.82, 2.24) is 19.8 Å². The third-order valence-corrected chi connectivity index (χ3v) is 7.45. The van der Waals surface area contributed by atoms with Crippen LogP contribution < -0.4 is 0 Å². The zero-order chi connectivity index (χ0) is 22.7. The van der Waals surface area contributed by atoms with Gasteiger partial charge in [-0.15, -0.1) is 0 Å². The highest BCUT2D eigenvalue weighted by Crippen LogP contribution is 2.23. The van der Waals surface area contributed by atoms with E-state index in [9.17, 15) is 9.90 Å². The number of carbonyl (C=O) groups is 1. The molecule has 6 nitrogen and oxygen atoms in total. The van der Waals surface area contributed by atoms with Crippen molar-refractivity contribution in [1.29, 1.82) is 0 Å². The SMILES string of the molecule is Cc1ccc(CCc2ncnc(C(=O)N3CCC(N4CCC(O)CC4)CC3)c2C)cc1Cl. The maximum atomic E-state index is 13.2. The number of aryl methyl sites for hydroxylation is 3. The molecule has 2 aromatic rings. The summed E-state index contributed by atoms with van der Waals surface area (Å²) in [5.41, 5.74) is 4.56. The van der Waals surface area contributed by atoms with Gasteiger partial charge in [0.2, 0.25) is 0 Å². The molecule has 2 saturated heterocycles. The van der Waals surface area contributed by atoms with Crippen molar-refractivity contribution in [2.45, 2.75) is 64.5 Å². The van der Waals surface area contributed by atoms with Crippen molar-refractivity contribution < 1.29 is 9.90 Å². The Kier molecular flexibility index (Phi) is 7.44. The third-order valence-electron chi connectivity index (χ3n) is 7.04. The zero-order valence-corrected chi connectivity index (χ0v) is 19.8. The van der Waals surface area contributed by atoms with E-state index < -0.39 is 0 Å². The molecule has 2 fully saturated rings. The quantitative estimate of drug-likeness (QED) is 0.744. The lowest BCUT2D eigenvalue weighted by molar-refractivity contribution is 0.0355. The van der Waals surface area contributed by atoms with Crippen molar-refractivity contribution >= 4 is 17.5 Å². The number of carbonyl (C=O) groups excluding carboxylic acids is 1. The van der Waals surface area contributed by atoms with Crippen molar-refractivity contribution in [3.63, 3.8) is 0 Å². The molecule has 0 aliphatic carbocycles. The summed E-state index contributed by atoms with van der Waals surface area (Å²) < 4.78 is 0. The molecular formula is C25H33ClN4O2. The van der Waals surface area contributed by atoms with Gasteiger partial charge in [-0.05, 0) is 69.6 Å². The largest absolute Gasteiger partial charge is 0.393 e. The van der Waals surface area contributed by atoms with Crippen molar-refractivity contribution in [2.75, 3.05) is 26.2 Å². The Labute approximate surface area is 195 Å². The van der Waals surface area contributed by atoms with Gasteiger partial charge < -0.3 is 14.9 Å². The molecule has 0 unspecified atom stereocenters. The first kappa shape index (κ1) is 23.1. The third kappa shape index (κ3) is 5.30. The number of piperidine rings is 2. The van der Waals surface area contributed by atoms with Crippen LogP contribution in [0.2, 0.25) is 5.02 Å². The molecule has 0 saturated carbocycles. The summed E-state index contributed by atoms with van der Waals surface area (Å²) in [6, 6.07) is 6.65. The Bertz CT molecular complexity index is 951. The standard InChI is InChI=1S/C25H33ClN4O2/c1-17-3-4-19(15-22(17)26)5-6-23-18(2)24(28-16-27-23)25(32)30-11-7-20(8-12-30)29-13-9-21(31)10-14-29/h3-4,15-16,20-21,31H,5-14H2,1-2H3. The number of aliphatic hydroxyl groups is 1. The fraction of sp³-hybridized carbons (Fsp3) is 0.560. The molecule has 1 aromatic carbocycles. The van der Waals surface area contributed by atoms with E-state index in [1.165, 1.54) is 11.9 Å². The van der Waals surface area contributed by atoms with Gasteiger partial charge in [0, 0.05) is 48.5 Å². The van der Waals surface area contributed by atoms with E-state index in [4.69, 9.17) is 11.6 Å². The van der Waals surface area contributed by atoms with Gasteiger partial charge in [0.05, 0.1) is 6.10 Å². The number of hydrogen-bond donors (Lipinski definition) is 1. The summed E-state index contributed by atoms with van der Waals surface area (Å²) in [4.78, 5) is 26.5. The minimum atomic E-state index is -0.147. The normalized spacial score (nSPS) is 18.8. The van der Waals surface area contributed by atoms with Crippen LogP contribution in [0.5, 0.6) is 0 Å². The van der Waals surface area contributed by atoms with Gasteiger partial charge in [0.25, 0.3) is 5.91 Å². The van der Waals surface area contributed by atoms with Crippen LogP contribution in [0.15, 0.2) is 24.5 Å². The van der Waals surface area contributed by atoms with Crippen LogP contribution in [0, 0.1) is 13.8 Å². The molecule has 0 radical (unpaired) electrons. The highest BCUT2D eigenvalue weighted by atomic mass is 35.5. The second-order valence-electron chi connectivity index (χ2n) is 9.17. The van der Waals surface area contributed by atoms with E-state index in [0.717, 1.165) is 86.5 Å². The monoisotopic (exact) mass is 456 g/mol. The molecular weight excluding hydrogens is 424 g/mol. The summed E-state index contributed by atoms with van der Waals surface area (Å²) >= 11 is 6.26. The highest BCUT2D eigenvalue weighted by molar-refractivity contribution is 6.31. The van der Waals surface area contributed by atoms with E-state index in [1.807, 2.05) is 30.9 Å². The molecule has 2 aliphatic rings. The predicted octanol–water partition coefficient (Wildman–Crippen LogP) is 3.59. The zero-order valence-electron chi connectivity index (χ0n) is 19.1. The number of aliphatic hydroxyl groups excluding tert-OH is 1. The van der Waals surface area contributed by atoms with Crippen LogP contribution in [-0.4, -0.2) is 69.1 Å². The van der Waals surface area contributed by atoms with Gasteiger partial charge in [-0.25, -0.2) is 9.97 Å². The molecule has 1 amide bonds. The number of halogens is 1. The lowest BCUT2D eigenvalue weighted by Gasteiger charge is -2.41. The van der Waals surface area contributed by atoms with Gasteiger partial charge >= 0.3 is 0 Å². The molecule has 4 rings (SSSR count). The van der Waals surface area contributed by atoms with Crippen LogP contribution in [-0.2, 0) is 12.8 Å². The number of benzene rings is 1. The van der Waals surface area contributed by atoms with Gasteiger partial charge in [-0.2, -0.15) is 0 Å². The van der Waals surface area contributed by atoms with Crippen LogP contribution in [0.4, 0.5) is 0 Å². The second-order valence-corrected chi connectivity index (χ2v) is 9.58. The fourth-order valence-corrected chi connectivity index (χ4v) is 5.05. The number of amides is 1. The lowest BCUT2D eigenvalue weighted by atomic mass is 9.98. The smallest absolute Gasteiger partial charge is 0.272 e. The van der Waals surface area contributed by atoms with Gasteiger partial charge in [0.1, 0.15) is 12.0 Å². The van der Waals surface area contributed by atoms with E-state index in [-0.39, 0.29) is 12.0 Å². The fourth-order valence-electron chi connectivity index (χ4n) is 4.84. The van der Waals surface area contributed by atoms with Gasteiger partial charge in [-0.1, -0.05) is 23.7 Å². The maximum Gasteiger partial charge on any atom is 0.272 e. The minimum Gasteiger partial charge on any atom is -0.393 e. The number of hydrogen-bond acceptors (Lipinski definition) is 5. The van der Waals surface area contributed by atoms with Crippen LogP contribution in [0.1, 0.15) is 58.6 Å². The van der Waals surface area contributed by atoms with E-state index in [0.29, 0.717) is 11.7 Å². The average Bonchev–Trinajstić information content (AvgIpc) is 2.81. The lowest BCUT2D eigenvalue weighted by Crippen LogP contribution is -2.49. The van der Waals surface area contributed by atoms with Crippen LogP contribution in [0.25, 0.3) is 0 Å². The highest BCUT2D eigenvalue weighted by Gasteiger charge is 2.30. The Hall–Kier alpha value is -2.02. The summed E-state index contributed by atoms with van der Waals surface area (Å²) in [7, 11) is 0. The minimum absolute atomic E-state index is 0.0112. The Morgan fingerprint density at radius 1 is 1.06 bits per heavy atom. The molecule has 32 heavy (non-hydrogen) atoms. The van der Waals surface area contributed by atoms with Gasteiger partial charge in [-0.3, -0.25) is 4.79 Å². The van der Waals surface area contributed by atoms with E-state index in [1.54, 1.807) is 0 Å². The molecule has 2 aliphatic heterocycles. The Balaban J connectivity index is 1.36. The van der Waals surface area contributed by atoms with Crippen molar-refractivity contribution in [2.24, 2.45) is 0 Å². The topological polar surface area (TPSA) is 69.6 Å². The summed E-state index contributed by atoms with van der Waals surface area (Å²) in [5, 5.41) is 10.5. The second kappa shape index (κ2) is 10.3. The average molecular weight is 457 g/mol. The molecule has 1 aromatic heterocycles. The van der Waals surface area contributed by atoms with Crippen LogP contribution >= 0.6 is 11.6 Å². The van der Waals surface area contributed by atoms with Crippen molar-refractivity contribution in [3.8, 4) is 0 Å². The summed E-state index contributed by atoms with van der Waals surface area (Å²) in [6.45, 7) is 7.38. The molecule has 1 N–H and O–H groups in total. The first-order chi connectivity index (χ1) is 15.4. The van der Waals surface area contributed by atoms with Gasteiger partial charge in [0.15, 0.2) is 0 Å². The maximum absolute atomic E-state index is 13.2. The number of rotatable bonds is 5. The molecule has 0 spiro atoms. The first-order valence-electron chi connectivity index (χ1n) is 11.7. The summed E-state index contributed by atoms with van der Waals surface area (Å²) in [6.07, 6.45) is 6.61. The summed E-state index contributed by atoms with van der Waals surface area (Å²) in [5.74, 6) is 0.0112. The van der Waals surface area contributed by atoms with Crippen molar-refractivity contribution in [3.05, 3.63) is 57.6 Å².